The average molecular weight is 367 g/mol. The monoisotopic (exact) mass is 367 g/mol. The molecular formula is C16H16F3N5O2. The zero-order valence-corrected chi connectivity index (χ0v) is 13.7. The number of rotatable bonds is 4. The molecule has 0 N–H and O–H groups in total. The summed E-state index contributed by atoms with van der Waals surface area (Å²) in [5.74, 6) is -0.150. The van der Waals surface area contributed by atoms with Crippen LogP contribution in [0.1, 0.15) is 10.4 Å². The average Bonchev–Trinajstić information content (AvgIpc) is 2.66. The summed E-state index contributed by atoms with van der Waals surface area (Å²) in [6, 6.07) is 4.61. The van der Waals surface area contributed by atoms with Gasteiger partial charge >= 0.3 is 6.18 Å². The highest BCUT2D eigenvalue weighted by molar-refractivity contribution is 5.96. The van der Waals surface area contributed by atoms with Crippen LogP contribution in [0.3, 0.4) is 0 Å². The van der Waals surface area contributed by atoms with Gasteiger partial charge < -0.3 is 14.5 Å². The van der Waals surface area contributed by atoms with Crippen LogP contribution >= 0.6 is 0 Å². The Labute approximate surface area is 147 Å². The first-order valence-electron chi connectivity index (χ1n) is 7.90. The Morgan fingerprint density at radius 2 is 1.69 bits per heavy atom. The first kappa shape index (κ1) is 17.9. The Morgan fingerprint density at radius 3 is 2.35 bits per heavy atom. The Kier molecular flexibility index (Phi) is 5.19. The van der Waals surface area contributed by atoms with E-state index in [4.69, 9.17) is 0 Å². The van der Waals surface area contributed by atoms with Gasteiger partial charge in [0.05, 0.1) is 0 Å². The maximum atomic E-state index is 12.7. The first-order chi connectivity index (χ1) is 12.4. The quantitative estimate of drug-likeness (QED) is 0.820. The van der Waals surface area contributed by atoms with Crippen LogP contribution in [-0.4, -0.2) is 64.7 Å². The molecule has 0 unspecified atom stereocenters. The molecule has 0 aromatic carbocycles. The number of hydrogen-bond acceptors (Lipinski definition) is 6. The lowest BCUT2D eigenvalue weighted by atomic mass is 10.2. The number of alkyl halides is 3. The van der Waals surface area contributed by atoms with Crippen molar-refractivity contribution in [2.24, 2.45) is 0 Å². The van der Waals surface area contributed by atoms with E-state index in [0.29, 0.717) is 32.1 Å². The number of piperazine rings is 1. The highest BCUT2D eigenvalue weighted by Gasteiger charge is 2.31. The molecule has 0 spiro atoms. The lowest BCUT2D eigenvalue weighted by molar-refractivity contribution is -0.154. The van der Waals surface area contributed by atoms with Crippen LogP contribution in [0.4, 0.5) is 19.1 Å². The van der Waals surface area contributed by atoms with Crippen LogP contribution in [0.2, 0.25) is 0 Å². The van der Waals surface area contributed by atoms with Gasteiger partial charge in [-0.1, -0.05) is 0 Å². The standard InChI is InChI=1S/C16H16F3N5O2/c17-16(18,19)11-26-13-12(3-1-4-20-13)14(25)23-7-9-24(10-8-23)15-21-5-2-6-22-15/h1-6H,7-11H2. The normalized spacial score (nSPS) is 15.0. The molecule has 10 heteroatoms. The third-order valence-corrected chi connectivity index (χ3v) is 3.78. The summed E-state index contributed by atoms with van der Waals surface area (Å²) in [4.78, 5) is 28.2. The maximum Gasteiger partial charge on any atom is 0.422 e. The van der Waals surface area contributed by atoms with Crippen LogP contribution in [0.25, 0.3) is 0 Å². The lowest BCUT2D eigenvalue weighted by Gasteiger charge is -2.34. The van der Waals surface area contributed by atoms with Gasteiger partial charge in [0, 0.05) is 44.8 Å². The Morgan fingerprint density at radius 1 is 1.04 bits per heavy atom. The van der Waals surface area contributed by atoms with Crippen molar-refractivity contribution in [3.8, 4) is 5.88 Å². The fourth-order valence-electron chi connectivity index (χ4n) is 2.55. The molecule has 2 aromatic heterocycles. The zero-order valence-electron chi connectivity index (χ0n) is 13.7. The number of pyridine rings is 1. The molecule has 138 valence electrons. The number of amides is 1. The maximum absolute atomic E-state index is 12.7. The SMILES string of the molecule is O=C(c1cccnc1OCC(F)(F)F)N1CCN(c2ncccn2)CC1. The summed E-state index contributed by atoms with van der Waals surface area (Å²) in [5.41, 5.74) is 0.0150. The van der Waals surface area contributed by atoms with E-state index in [1.165, 1.54) is 18.3 Å². The number of hydrogen-bond donors (Lipinski definition) is 0. The number of carbonyl (C=O) groups is 1. The summed E-state index contributed by atoms with van der Waals surface area (Å²) in [6.07, 6.45) is 0.0614. The largest absolute Gasteiger partial charge is 0.467 e. The predicted octanol–water partition coefficient (Wildman–Crippen LogP) is 1.78. The van der Waals surface area contributed by atoms with Crippen LogP contribution in [0, 0.1) is 0 Å². The van der Waals surface area contributed by atoms with E-state index in [9.17, 15) is 18.0 Å². The Hall–Kier alpha value is -2.91. The van der Waals surface area contributed by atoms with Gasteiger partial charge in [0.1, 0.15) is 5.56 Å². The molecule has 1 fully saturated rings. The molecule has 1 aliphatic rings. The van der Waals surface area contributed by atoms with E-state index < -0.39 is 18.7 Å². The van der Waals surface area contributed by atoms with Gasteiger partial charge in [-0.2, -0.15) is 13.2 Å². The molecule has 3 rings (SSSR count). The molecule has 1 saturated heterocycles. The van der Waals surface area contributed by atoms with Gasteiger partial charge in [0.2, 0.25) is 11.8 Å². The second-order valence-electron chi connectivity index (χ2n) is 5.59. The highest BCUT2D eigenvalue weighted by atomic mass is 19.4. The smallest absolute Gasteiger partial charge is 0.422 e. The lowest BCUT2D eigenvalue weighted by Crippen LogP contribution is -2.49. The van der Waals surface area contributed by atoms with Crippen molar-refractivity contribution in [3.63, 3.8) is 0 Å². The first-order valence-corrected chi connectivity index (χ1v) is 7.90. The van der Waals surface area contributed by atoms with Crippen LogP contribution in [0.15, 0.2) is 36.8 Å². The number of anilines is 1. The van der Waals surface area contributed by atoms with Crippen LogP contribution in [0.5, 0.6) is 5.88 Å². The van der Waals surface area contributed by atoms with Gasteiger partial charge in [0.15, 0.2) is 6.61 Å². The predicted molar refractivity (Wildman–Crippen MR) is 85.9 cm³/mol. The number of halogens is 3. The summed E-state index contributed by atoms with van der Waals surface area (Å²) in [7, 11) is 0. The minimum absolute atomic E-state index is 0.0150. The molecule has 7 nitrogen and oxygen atoms in total. The molecule has 1 amide bonds. The van der Waals surface area contributed by atoms with E-state index in [1.54, 1.807) is 23.4 Å². The second kappa shape index (κ2) is 7.54. The topological polar surface area (TPSA) is 71.5 Å². The zero-order chi connectivity index (χ0) is 18.6. The van der Waals surface area contributed by atoms with Crippen molar-refractivity contribution in [2.75, 3.05) is 37.7 Å². The molecule has 3 heterocycles. The van der Waals surface area contributed by atoms with Crippen molar-refractivity contribution in [3.05, 3.63) is 42.4 Å². The number of aromatic nitrogens is 3. The van der Waals surface area contributed by atoms with Crippen molar-refractivity contribution >= 4 is 11.9 Å². The number of carbonyl (C=O) groups excluding carboxylic acids is 1. The van der Waals surface area contributed by atoms with Gasteiger partial charge in [-0.05, 0) is 18.2 Å². The fourth-order valence-corrected chi connectivity index (χ4v) is 2.55. The van der Waals surface area contributed by atoms with Crippen molar-refractivity contribution in [2.45, 2.75) is 6.18 Å². The van der Waals surface area contributed by atoms with Crippen molar-refractivity contribution < 1.29 is 22.7 Å². The van der Waals surface area contributed by atoms with Gasteiger partial charge in [0.25, 0.3) is 5.91 Å². The van der Waals surface area contributed by atoms with Gasteiger partial charge in [-0.15, -0.1) is 0 Å². The van der Waals surface area contributed by atoms with Crippen LogP contribution < -0.4 is 9.64 Å². The van der Waals surface area contributed by atoms with E-state index in [0.717, 1.165) is 0 Å². The molecule has 0 bridgehead atoms. The third kappa shape index (κ3) is 4.38. The molecule has 2 aromatic rings. The highest BCUT2D eigenvalue weighted by Crippen LogP contribution is 2.22. The Balaban J connectivity index is 1.65. The Bertz CT molecular complexity index is 749. The summed E-state index contributed by atoms with van der Waals surface area (Å²) in [5, 5.41) is 0. The fraction of sp³-hybridized carbons (Fsp3) is 0.375. The summed E-state index contributed by atoms with van der Waals surface area (Å²) >= 11 is 0. The third-order valence-electron chi connectivity index (χ3n) is 3.78. The molecular weight excluding hydrogens is 351 g/mol. The molecule has 0 radical (unpaired) electrons. The number of ether oxygens (including phenoxy) is 1. The van der Waals surface area contributed by atoms with E-state index >= 15 is 0 Å². The second-order valence-corrected chi connectivity index (χ2v) is 5.59. The van der Waals surface area contributed by atoms with Crippen LogP contribution in [-0.2, 0) is 0 Å². The van der Waals surface area contributed by atoms with Gasteiger partial charge in [-0.3, -0.25) is 4.79 Å². The minimum Gasteiger partial charge on any atom is -0.467 e. The molecule has 0 atom stereocenters. The molecule has 0 saturated carbocycles. The molecule has 0 aliphatic carbocycles. The minimum atomic E-state index is -4.50. The van der Waals surface area contributed by atoms with E-state index in [2.05, 4.69) is 19.7 Å². The molecule has 1 aliphatic heterocycles. The summed E-state index contributed by atoms with van der Waals surface area (Å²) in [6.45, 7) is 0.336. The summed E-state index contributed by atoms with van der Waals surface area (Å²) < 4.78 is 41.8. The van der Waals surface area contributed by atoms with Gasteiger partial charge in [-0.25, -0.2) is 15.0 Å². The van der Waals surface area contributed by atoms with Crippen molar-refractivity contribution in [1.82, 2.24) is 19.9 Å². The van der Waals surface area contributed by atoms with E-state index in [1.807, 2.05) is 4.90 Å². The van der Waals surface area contributed by atoms with E-state index in [-0.39, 0.29) is 11.4 Å². The van der Waals surface area contributed by atoms with Crippen molar-refractivity contribution in [1.29, 1.82) is 0 Å². The molecule has 26 heavy (non-hydrogen) atoms. The number of nitrogens with zero attached hydrogens (tertiary/aromatic N) is 5.